The van der Waals surface area contributed by atoms with Crippen LogP contribution in [0.1, 0.15) is 10.5 Å². The van der Waals surface area contributed by atoms with Gasteiger partial charge in [-0.25, -0.2) is 19.2 Å². The summed E-state index contributed by atoms with van der Waals surface area (Å²) in [6, 6.07) is 6.87. The number of nitrogens with one attached hydrogen (secondary N) is 1. The first-order valence-electron chi connectivity index (χ1n) is 9.09. The minimum atomic E-state index is -0.609. The van der Waals surface area contributed by atoms with Crippen molar-refractivity contribution in [3.8, 4) is 0 Å². The van der Waals surface area contributed by atoms with Crippen molar-refractivity contribution in [3.05, 3.63) is 75.1 Å². The lowest BCUT2D eigenvalue weighted by atomic mass is 10.2. The molecule has 0 fully saturated rings. The minimum absolute atomic E-state index is 0.0204. The standard InChI is InChI=1S/C20H17FN6O3S/c1-25-9-8-22-19(25)31-15-7-4-11(21)10-14(15)24-17(28)13-6-5-12-16(23-13)26(2)20(30)27(3)18(12)29/h4-10H,1-3H3,(H,24,28). The lowest BCUT2D eigenvalue weighted by molar-refractivity contribution is 0.102. The second kappa shape index (κ2) is 7.84. The van der Waals surface area contributed by atoms with Gasteiger partial charge in [0, 0.05) is 38.4 Å². The molecule has 0 aliphatic carbocycles. The molecule has 0 saturated carbocycles. The maximum absolute atomic E-state index is 13.9. The summed E-state index contributed by atoms with van der Waals surface area (Å²) in [5.41, 5.74) is -0.744. The predicted molar refractivity (Wildman–Crippen MR) is 114 cm³/mol. The van der Waals surface area contributed by atoms with Crippen molar-refractivity contribution in [2.24, 2.45) is 21.1 Å². The van der Waals surface area contributed by atoms with E-state index in [1.807, 2.05) is 7.05 Å². The molecular weight excluding hydrogens is 423 g/mol. The van der Waals surface area contributed by atoms with Crippen LogP contribution in [-0.2, 0) is 21.1 Å². The summed E-state index contributed by atoms with van der Waals surface area (Å²) in [5, 5.41) is 3.52. The maximum Gasteiger partial charge on any atom is 0.332 e. The molecule has 0 spiro atoms. The van der Waals surface area contributed by atoms with Gasteiger partial charge in [-0.15, -0.1) is 0 Å². The number of rotatable bonds is 4. The Kier molecular flexibility index (Phi) is 5.19. The Morgan fingerprint density at radius 3 is 2.58 bits per heavy atom. The SMILES string of the molecule is Cn1ccnc1Sc1ccc(F)cc1NC(=O)c1ccc2c(=O)n(C)c(=O)n(C)c2n1. The number of pyridine rings is 1. The molecule has 4 aromatic rings. The monoisotopic (exact) mass is 440 g/mol. The third-order valence-corrected chi connectivity index (χ3v) is 5.85. The molecule has 0 bridgehead atoms. The first-order valence-corrected chi connectivity index (χ1v) is 9.91. The van der Waals surface area contributed by atoms with E-state index in [1.54, 1.807) is 23.0 Å². The highest BCUT2D eigenvalue weighted by atomic mass is 32.2. The molecule has 158 valence electrons. The first kappa shape index (κ1) is 20.5. The van der Waals surface area contributed by atoms with Crippen LogP contribution in [0, 0.1) is 5.82 Å². The second-order valence-electron chi connectivity index (χ2n) is 6.79. The zero-order valence-electron chi connectivity index (χ0n) is 16.8. The van der Waals surface area contributed by atoms with Gasteiger partial charge in [0.15, 0.2) is 5.16 Å². The van der Waals surface area contributed by atoms with Gasteiger partial charge in [-0.3, -0.25) is 18.7 Å². The number of halogens is 1. The summed E-state index contributed by atoms with van der Waals surface area (Å²) < 4.78 is 17.8. The normalized spacial score (nSPS) is 11.1. The zero-order valence-corrected chi connectivity index (χ0v) is 17.6. The fourth-order valence-corrected chi connectivity index (χ4v) is 3.88. The molecule has 0 radical (unpaired) electrons. The molecule has 9 nitrogen and oxygen atoms in total. The number of imidazole rings is 1. The lowest BCUT2D eigenvalue weighted by Crippen LogP contribution is -2.37. The van der Waals surface area contributed by atoms with Crippen molar-refractivity contribution in [3.63, 3.8) is 0 Å². The summed E-state index contributed by atoms with van der Waals surface area (Å²) >= 11 is 1.26. The van der Waals surface area contributed by atoms with E-state index in [-0.39, 0.29) is 22.4 Å². The Morgan fingerprint density at radius 1 is 1.10 bits per heavy atom. The molecule has 11 heteroatoms. The summed E-state index contributed by atoms with van der Waals surface area (Å²) in [6.45, 7) is 0. The number of benzene rings is 1. The molecule has 3 aromatic heterocycles. The van der Waals surface area contributed by atoms with Gasteiger partial charge >= 0.3 is 5.69 Å². The Morgan fingerprint density at radius 2 is 1.87 bits per heavy atom. The second-order valence-corrected chi connectivity index (χ2v) is 7.80. The fraction of sp³-hybridized carbons (Fsp3) is 0.150. The molecule has 0 aliphatic heterocycles. The fourth-order valence-electron chi connectivity index (χ4n) is 3.00. The van der Waals surface area contributed by atoms with E-state index in [4.69, 9.17) is 0 Å². The third kappa shape index (κ3) is 3.75. The van der Waals surface area contributed by atoms with Gasteiger partial charge in [-0.1, -0.05) is 0 Å². The Hall–Kier alpha value is -3.73. The molecule has 3 heterocycles. The minimum Gasteiger partial charge on any atom is -0.329 e. The molecule has 0 atom stereocenters. The van der Waals surface area contributed by atoms with E-state index < -0.39 is 23.0 Å². The molecule has 1 aromatic carbocycles. The summed E-state index contributed by atoms with van der Waals surface area (Å²) in [6.07, 6.45) is 3.41. The number of aryl methyl sites for hydroxylation is 2. The number of anilines is 1. The Labute approximate surface area is 179 Å². The van der Waals surface area contributed by atoms with Gasteiger partial charge in [0.2, 0.25) is 0 Å². The van der Waals surface area contributed by atoms with E-state index in [0.29, 0.717) is 10.1 Å². The average molecular weight is 440 g/mol. The molecule has 4 rings (SSSR count). The van der Waals surface area contributed by atoms with Crippen LogP contribution in [0.4, 0.5) is 10.1 Å². The predicted octanol–water partition coefficient (Wildman–Crippen LogP) is 1.91. The number of hydrogen-bond acceptors (Lipinski definition) is 6. The van der Waals surface area contributed by atoms with E-state index in [2.05, 4.69) is 15.3 Å². The highest BCUT2D eigenvalue weighted by Gasteiger charge is 2.16. The van der Waals surface area contributed by atoms with Crippen molar-refractivity contribution < 1.29 is 9.18 Å². The topological polar surface area (TPSA) is 104 Å². The molecule has 0 aliphatic rings. The van der Waals surface area contributed by atoms with Crippen LogP contribution in [0.3, 0.4) is 0 Å². The number of amides is 1. The van der Waals surface area contributed by atoms with Crippen LogP contribution in [0.2, 0.25) is 0 Å². The number of carbonyl (C=O) groups is 1. The van der Waals surface area contributed by atoms with Gasteiger partial charge in [0.05, 0.1) is 11.1 Å². The quantitative estimate of drug-likeness (QED) is 0.520. The van der Waals surface area contributed by atoms with Crippen LogP contribution < -0.4 is 16.6 Å². The van der Waals surface area contributed by atoms with Gasteiger partial charge in [-0.2, -0.15) is 0 Å². The molecular formula is C20H17FN6O3S. The largest absolute Gasteiger partial charge is 0.332 e. The van der Waals surface area contributed by atoms with Crippen LogP contribution in [0.15, 0.2) is 62.4 Å². The van der Waals surface area contributed by atoms with E-state index in [1.165, 1.54) is 54.7 Å². The van der Waals surface area contributed by atoms with Crippen molar-refractivity contribution >= 4 is 34.4 Å². The van der Waals surface area contributed by atoms with E-state index in [0.717, 1.165) is 4.57 Å². The van der Waals surface area contributed by atoms with Crippen molar-refractivity contribution in [2.75, 3.05) is 5.32 Å². The molecule has 31 heavy (non-hydrogen) atoms. The molecule has 1 N–H and O–H groups in total. The Bertz CT molecular complexity index is 1460. The van der Waals surface area contributed by atoms with Gasteiger partial charge in [0.1, 0.15) is 17.2 Å². The van der Waals surface area contributed by atoms with Crippen molar-refractivity contribution in [1.82, 2.24) is 23.7 Å². The molecule has 0 unspecified atom stereocenters. The van der Waals surface area contributed by atoms with Crippen LogP contribution >= 0.6 is 11.8 Å². The summed E-state index contributed by atoms with van der Waals surface area (Å²) in [5.74, 6) is -1.13. The lowest BCUT2D eigenvalue weighted by Gasteiger charge is -2.12. The summed E-state index contributed by atoms with van der Waals surface area (Å²) in [7, 11) is 4.66. The number of hydrogen-bond donors (Lipinski definition) is 1. The van der Waals surface area contributed by atoms with Gasteiger partial charge in [-0.05, 0) is 42.1 Å². The zero-order chi connectivity index (χ0) is 22.3. The van der Waals surface area contributed by atoms with E-state index >= 15 is 0 Å². The van der Waals surface area contributed by atoms with Crippen molar-refractivity contribution in [2.45, 2.75) is 10.1 Å². The van der Waals surface area contributed by atoms with Gasteiger partial charge in [0.25, 0.3) is 11.5 Å². The highest BCUT2D eigenvalue weighted by Crippen LogP contribution is 2.33. The molecule has 1 amide bonds. The van der Waals surface area contributed by atoms with Crippen LogP contribution in [0.25, 0.3) is 11.0 Å². The number of aromatic nitrogens is 5. The molecule has 0 saturated heterocycles. The highest BCUT2D eigenvalue weighted by molar-refractivity contribution is 7.99. The summed E-state index contributed by atoms with van der Waals surface area (Å²) in [4.78, 5) is 46.3. The number of nitrogens with zero attached hydrogens (tertiary/aromatic N) is 5. The number of carbonyl (C=O) groups excluding carboxylic acids is 1. The smallest absolute Gasteiger partial charge is 0.329 e. The van der Waals surface area contributed by atoms with Crippen LogP contribution in [-0.4, -0.2) is 29.6 Å². The van der Waals surface area contributed by atoms with Crippen LogP contribution in [0.5, 0.6) is 0 Å². The maximum atomic E-state index is 13.9. The Balaban J connectivity index is 1.71. The van der Waals surface area contributed by atoms with Crippen molar-refractivity contribution in [1.29, 1.82) is 0 Å². The number of fused-ring (bicyclic) bond motifs is 1. The average Bonchev–Trinajstić information content (AvgIpc) is 3.16. The van der Waals surface area contributed by atoms with Gasteiger partial charge < -0.3 is 9.88 Å². The first-order chi connectivity index (χ1) is 14.8. The van der Waals surface area contributed by atoms with E-state index in [9.17, 15) is 18.8 Å². The third-order valence-electron chi connectivity index (χ3n) is 4.70.